The zero-order chi connectivity index (χ0) is 14.6. The fraction of sp³-hybridized carbons (Fsp3) is 0.647. The maximum absolute atomic E-state index is 6.07. The van der Waals surface area contributed by atoms with Crippen molar-refractivity contribution in [2.24, 2.45) is 5.92 Å². The monoisotopic (exact) mass is 297 g/mol. The second-order valence-electron chi connectivity index (χ2n) is 5.39. The molecule has 0 radical (unpaired) electrons. The molecule has 3 heteroatoms. The van der Waals surface area contributed by atoms with Crippen LogP contribution in [0, 0.1) is 5.92 Å². The summed E-state index contributed by atoms with van der Waals surface area (Å²) in [6, 6.07) is 8.24. The summed E-state index contributed by atoms with van der Waals surface area (Å²) in [6.45, 7) is 5.01. The van der Waals surface area contributed by atoms with Crippen molar-refractivity contribution < 1.29 is 4.74 Å². The smallest absolute Gasteiger partial charge is 0.0587 e. The van der Waals surface area contributed by atoms with Gasteiger partial charge in [0.05, 0.1) is 6.61 Å². The maximum atomic E-state index is 6.07. The molecule has 0 saturated heterocycles. The average Bonchev–Trinajstić information content (AvgIpc) is 2.43. The first-order chi connectivity index (χ1) is 9.76. The van der Waals surface area contributed by atoms with Crippen LogP contribution in [-0.4, -0.2) is 26.8 Å². The topological polar surface area (TPSA) is 21.3 Å². The lowest BCUT2D eigenvalue weighted by Gasteiger charge is -2.18. The normalized spacial score (nSPS) is 12.6. The molecule has 20 heavy (non-hydrogen) atoms. The summed E-state index contributed by atoms with van der Waals surface area (Å²) in [4.78, 5) is 0. The SMILES string of the molecule is CCCCCC(CNCCOC)Cc1cccc(Cl)c1. The molecule has 0 aliphatic heterocycles. The summed E-state index contributed by atoms with van der Waals surface area (Å²) in [6.07, 6.45) is 6.30. The third-order valence-electron chi connectivity index (χ3n) is 3.55. The third-order valence-corrected chi connectivity index (χ3v) is 3.78. The first-order valence-corrected chi connectivity index (χ1v) is 8.08. The molecule has 114 valence electrons. The zero-order valence-electron chi connectivity index (χ0n) is 12.8. The maximum Gasteiger partial charge on any atom is 0.0587 e. The molecule has 1 atom stereocenters. The molecule has 2 nitrogen and oxygen atoms in total. The quantitative estimate of drug-likeness (QED) is 0.614. The highest BCUT2D eigenvalue weighted by atomic mass is 35.5. The summed E-state index contributed by atoms with van der Waals surface area (Å²) < 4.78 is 5.08. The number of benzene rings is 1. The molecule has 1 aromatic rings. The van der Waals surface area contributed by atoms with Crippen LogP contribution in [0.15, 0.2) is 24.3 Å². The number of rotatable bonds is 11. The average molecular weight is 298 g/mol. The van der Waals surface area contributed by atoms with E-state index in [0.717, 1.165) is 31.1 Å². The van der Waals surface area contributed by atoms with Crippen molar-refractivity contribution in [3.05, 3.63) is 34.9 Å². The van der Waals surface area contributed by atoms with Crippen LogP contribution in [-0.2, 0) is 11.2 Å². The van der Waals surface area contributed by atoms with E-state index in [2.05, 4.69) is 24.4 Å². The van der Waals surface area contributed by atoms with Gasteiger partial charge < -0.3 is 10.1 Å². The van der Waals surface area contributed by atoms with Crippen molar-refractivity contribution in [3.63, 3.8) is 0 Å². The van der Waals surface area contributed by atoms with Crippen LogP contribution in [0.3, 0.4) is 0 Å². The largest absolute Gasteiger partial charge is 0.383 e. The van der Waals surface area contributed by atoms with E-state index in [4.69, 9.17) is 16.3 Å². The highest BCUT2D eigenvalue weighted by Crippen LogP contribution is 2.18. The third kappa shape index (κ3) is 7.88. The molecule has 1 aromatic carbocycles. The summed E-state index contributed by atoms with van der Waals surface area (Å²) >= 11 is 6.07. The molecule has 0 aromatic heterocycles. The summed E-state index contributed by atoms with van der Waals surface area (Å²) in [5, 5.41) is 4.33. The van der Waals surface area contributed by atoms with Crippen LogP contribution in [0.4, 0.5) is 0 Å². The Morgan fingerprint density at radius 3 is 2.85 bits per heavy atom. The summed E-state index contributed by atoms with van der Waals surface area (Å²) in [7, 11) is 1.74. The summed E-state index contributed by atoms with van der Waals surface area (Å²) in [5.41, 5.74) is 1.34. The number of halogens is 1. The lowest BCUT2D eigenvalue weighted by atomic mass is 9.93. The molecule has 0 aliphatic rings. The molecule has 0 spiro atoms. The molecule has 1 unspecified atom stereocenters. The minimum Gasteiger partial charge on any atom is -0.383 e. The molecule has 0 heterocycles. The van der Waals surface area contributed by atoms with Crippen molar-refractivity contribution in [3.8, 4) is 0 Å². The molecule has 0 amide bonds. The van der Waals surface area contributed by atoms with Crippen molar-refractivity contribution in [1.82, 2.24) is 5.32 Å². The highest BCUT2D eigenvalue weighted by molar-refractivity contribution is 6.30. The molecule has 0 fully saturated rings. The molecule has 0 aliphatic carbocycles. The highest BCUT2D eigenvalue weighted by Gasteiger charge is 2.09. The predicted molar refractivity (Wildman–Crippen MR) is 87.5 cm³/mol. The van der Waals surface area contributed by atoms with Crippen molar-refractivity contribution in [1.29, 1.82) is 0 Å². The van der Waals surface area contributed by atoms with Crippen LogP contribution < -0.4 is 5.32 Å². The standard InChI is InChI=1S/C17H28ClNO/c1-3-4-5-7-16(14-19-10-11-20-2)12-15-8-6-9-17(18)13-15/h6,8-9,13,16,19H,3-5,7,10-12,14H2,1-2H3. The fourth-order valence-corrected chi connectivity index (χ4v) is 2.65. The van der Waals surface area contributed by atoms with Gasteiger partial charge in [0.15, 0.2) is 0 Å². The Morgan fingerprint density at radius 2 is 2.15 bits per heavy atom. The summed E-state index contributed by atoms with van der Waals surface area (Å²) in [5.74, 6) is 0.678. The van der Waals surface area contributed by atoms with E-state index >= 15 is 0 Å². The molecule has 1 rings (SSSR count). The van der Waals surface area contributed by atoms with Gasteiger partial charge in [-0.05, 0) is 43.0 Å². The van der Waals surface area contributed by atoms with Gasteiger partial charge >= 0.3 is 0 Å². The van der Waals surface area contributed by atoms with E-state index < -0.39 is 0 Å². The molecule has 1 N–H and O–H groups in total. The van der Waals surface area contributed by atoms with Crippen LogP contribution in [0.25, 0.3) is 0 Å². The van der Waals surface area contributed by atoms with Gasteiger partial charge in [0.1, 0.15) is 0 Å². The van der Waals surface area contributed by atoms with Gasteiger partial charge in [0.2, 0.25) is 0 Å². The second-order valence-corrected chi connectivity index (χ2v) is 5.83. The Morgan fingerprint density at radius 1 is 1.30 bits per heavy atom. The molecule has 0 saturated carbocycles. The van der Waals surface area contributed by atoms with Gasteiger partial charge in [-0.1, -0.05) is 49.9 Å². The van der Waals surface area contributed by atoms with E-state index in [0.29, 0.717) is 5.92 Å². The zero-order valence-corrected chi connectivity index (χ0v) is 13.6. The predicted octanol–water partition coefficient (Wildman–Crippen LogP) is 4.32. The molecule has 0 bridgehead atoms. The van der Waals surface area contributed by atoms with Gasteiger partial charge in [0, 0.05) is 18.7 Å². The Balaban J connectivity index is 2.43. The van der Waals surface area contributed by atoms with Gasteiger partial charge in [-0.15, -0.1) is 0 Å². The Labute approximate surface area is 128 Å². The lowest BCUT2D eigenvalue weighted by molar-refractivity contribution is 0.197. The van der Waals surface area contributed by atoms with Crippen molar-refractivity contribution in [2.45, 2.75) is 39.0 Å². The molecular formula is C17H28ClNO. The van der Waals surface area contributed by atoms with Gasteiger partial charge in [0.25, 0.3) is 0 Å². The van der Waals surface area contributed by atoms with Crippen LogP contribution >= 0.6 is 11.6 Å². The van der Waals surface area contributed by atoms with E-state index in [1.807, 2.05) is 12.1 Å². The van der Waals surface area contributed by atoms with E-state index in [-0.39, 0.29) is 0 Å². The number of hydrogen-bond acceptors (Lipinski definition) is 2. The van der Waals surface area contributed by atoms with Gasteiger partial charge in [-0.25, -0.2) is 0 Å². The number of hydrogen-bond donors (Lipinski definition) is 1. The lowest BCUT2D eigenvalue weighted by Crippen LogP contribution is -2.27. The Kier molecular flexibility index (Phi) is 9.73. The number of unbranched alkanes of at least 4 members (excludes halogenated alkanes) is 2. The first kappa shape index (κ1) is 17.5. The van der Waals surface area contributed by atoms with Gasteiger partial charge in [-0.3, -0.25) is 0 Å². The minimum absolute atomic E-state index is 0.678. The van der Waals surface area contributed by atoms with Crippen molar-refractivity contribution >= 4 is 11.6 Å². The number of ether oxygens (including phenoxy) is 1. The van der Waals surface area contributed by atoms with Crippen LogP contribution in [0.1, 0.15) is 38.2 Å². The van der Waals surface area contributed by atoms with E-state index in [1.54, 1.807) is 7.11 Å². The first-order valence-electron chi connectivity index (χ1n) is 7.70. The van der Waals surface area contributed by atoms with E-state index in [9.17, 15) is 0 Å². The number of methoxy groups -OCH3 is 1. The van der Waals surface area contributed by atoms with Crippen molar-refractivity contribution in [2.75, 3.05) is 26.8 Å². The Bertz CT molecular complexity index is 357. The fourth-order valence-electron chi connectivity index (χ4n) is 2.44. The van der Waals surface area contributed by atoms with E-state index in [1.165, 1.54) is 31.2 Å². The van der Waals surface area contributed by atoms with Gasteiger partial charge in [-0.2, -0.15) is 0 Å². The molecular weight excluding hydrogens is 270 g/mol. The Hall–Kier alpha value is -0.570. The second kappa shape index (κ2) is 11.1. The van der Waals surface area contributed by atoms with Crippen LogP contribution in [0.2, 0.25) is 5.02 Å². The van der Waals surface area contributed by atoms with Crippen LogP contribution in [0.5, 0.6) is 0 Å². The number of nitrogens with one attached hydrogen (secondary N) is 1. The minimum atomic E-state index is 0.678.